The Morgan fingerprint density at radius 1 is 1.17 bits per heavy atom. The molecule has 2 aromatic rings. The normalized spacial score (nSPS) is 14.8. The second-order valence-electron chi connectivity index (χ2n) is 8.42. The molecule has 0 saturated carbocycles. The van der Waals surface area contributed by atoms with E-state index < -0.39 is 0 Å². The first-order valence-electron chi connectivity index (χ1n) is 10.7. The molecular weight excluding hydrogens is 487 g/mol. The predicted molar refractivity (Wildman–Crippen MR) is 135 cm³/mol. The Morgan fingerprint density at radius 3 is 2.40 bits per heavy atom. The van der Waals surface area contributed by atoms with Gasteiger partial charge >= 0.3 is 0 Å². The minimum Gasteiger partial charge on any atom is -0.352 e. The molecule has 1 aromatic heterocycles. The van der Waals surface area contributed by atoms with Gasteiger partial charge in [0, 0.05) is 52.5 Å². The number of benzene rings is 1. The van der Waals surface area contributed by atoms with E-state index in [1.807, 2.05) is 18.8 Å². The number of nitrogens with zero attached hydrogens (tertiary/aromatic N) is 5. The van der Waals surface area contributed by atoms with Crippen molar-refractivity contribution in [2.24, 2.45) is 12.0 Å². The highest BCUT2D eigenvalue weighted by Gasteiger charge is 2.15. The van der Waals surface area contributed by atoms with Crippen molar-refractivity contribution in [2.45, 2.75) is 52.2 Å². The van der Waals surface area contributed by atoms with Gasteiger partial charge in [0.05, 0.1) is 5.69 Å². The van der Waals surface area contributed by atoms with E-state index >= 15 is 0 Å². The average molecular weight is 524 g/mol. The maximum atomic E-state index is 4.61. The fourth-order valence-corrected chi connectivity index (χ4v) is 4.02. The van der Waals surface area contributed by atoms with E-state index in [-0.39, 0.29) is 24.0 Å². The lowest BCUT2D eigenvalue weighted by molar-refractivity contribution is 0.331. The lowest BCUT2D eigenvalue weighted by Gasteiger charge is -2.22. The number of rotatable bonds is 7. The van der Waals surface area contributed by atoms with E-state index in [2.05, 4.69) is 76.6 Å². The molecule has 1 aliphatic rings. The molecule has 0 unspecified atom stereocenters. The molecule has 6 nitrogen and oxygen atoms in total. The van der Waals surface area contributed by atoms with Crippen LogP contribution in [-0.2, 0) is 26.7 Å². The fraction of sp³-hybridized carbons (Fsp3) is 0.565. The van der Waals surface area contributed by atoms with Gasteiger partial charge in [-0.1, -0.05) is 38.1 Å². The van der Waals surface area contributed by atoms with E-state index in [0.717, 1.165) is 31.3 Å². The Hall–Kier alpha value is -1.61. The average Bonchev–Trinajstić information content (AvgIpc) is 3.33. The number of aromatic nitrogens is 2. The van der Waals surface area contributed by atoms with Crippen molar-refractivity contribution in [1.82, 2.24) is 24.9 Å². The summed E-state index contributed by atoms with van der Waals surface area (Å²) in [7, 11) is 5.89. The van der Waals surface area contributed by atoms with Crippen LogP contribution in [0.5, 0.6) is 0 Å². The summed E-state index contributed by atoms with van der Waals surface area (Å²) in [5, 5.41) is 8.11. The van der Waals surface area contributed by atoms with Gasteiger partial charge in [-0.25, -0.2) is 0 Å². The zero-order valence-electron chi connectivity index (χ0n) is 19.1. The van der Waals surface area contributed by atoms with Gasteiger partial charge in [-0.3, -0.25) is 14.6 Å². The van der Waals surface area contributed by atoms with Crippen LogP contribution >= 0.6 is 24.0 Å². The summed E-state index contributed by atoms with van der Waals surface area (Å²) in [5.41, 5.74) is 5.08. The highest BCUT2D eigenvalue weighted by atomic mass is 127. The second kappa shape index (κ2) is 11.7. The zero-order valence-corrected chi connectivity index (χ0v) is 21.4. The molecule has 3 rings (SSSR count). The van der Waals surface area contributed by atoms with Gasteiger partial charge in [-0.15, -0.1) is 24.0 Å². The minimum absolute atomic E-state index is 0. The van der Waals surface area contributed by atoms with Gasteiger partial charge < -0.3 is 10.2 Å². The molecule has 0 bridgehead atoms. The van der Waals surface area contributed by atoms with Crippen molar-refractivity contribution in [2.75, 3.05) is 27.2 Å². The predicted octanol–water partition coefficient (Wildman–Crippen LogP) is 3.96. The maximum absolute atomic E-state index is 4.61. The second-order valence-corrected chi connectivity index (χ2v) is 8.42. The highest BCUT2D eigenvalue weighted by molar-refractivity contribution is 14.0. The summed E-state index contributed by atoms with van der Waals surface area (Å²) in [6, 6.07) is 8.96. The molecule has 0 amide bonds. The molecule has 0 aliphatic carbocycles. The summed E-state index contributed by atoms with van der Waals surface area (Å²) in [6.45, 7) is 9.48. The van der Waals surface area contributed by atoms with Crippen LogP contribution in [0.2, 0.25) is 0 Å². The first kappa shape index (κ1) is 24.7. The molecular formula is C23H37IN6. The number of aryl methyl sites for hydroxylation is 1. The Balaban J connectivity index is 0.00000320. The van der Waals surface area contributed by atoms with Crippen molar-refractivity contribution in [3.05, 3.63) is 52.8 Å². The Kier molecular flexibility index (Phi) is 9.61. The summed E-state index contributed by atoms with van der Waals surface area (Å²) < 4.78 is 1.90. The van der Waals surface area contributed by atoms with E-state index in [1.165, 1.54) is 42.6 Å². The summed E-state index contributed by atoms with van der Waals surface area (Å²) in [5.74, 6) is 1.30. The van der Waals surface area contributed by atoms with Crippen LogP contribution in [0.25, 0.3) is 0 Å². The molecule has 1 N–H and O–H groups in total. The van der Waals surface area contributed by atoms with E-state index in [1.54, 1.807) is 0 Å². The van der Waals surface area contributed by atoms with Crippen LogP contribution < -0.4 is 5.32 Å². The van der Waals surface area contributed by atoms with Gasteiger partial charge in [-0.05, 0) is 43.0 Å². The van der Waals surface area contributed by atoms with E-state index in [0.29, 0.717) is 5.92 Å². The standard InChI is InChI=1S/C23H36N6.HI/c1-18(2)22-21(17-28(5)26-22)16-27(4)23(24-3)25-14-19-8-10-20(11-9-19)15-29-12-6-7-13-29;/h8-11,17-18H,6-7,12-16H2,1-5H3,(H,24,25);1H. The molecule has 7 heteroatoms. The lowest BCUT2D eigenvalue weighted by Crippen LogP contribution is -2.38. The molecule has 1 fully saturated rings. The van der Waals surface area contributed by atoms with Gasteiger partial charge in [0.15, 0.2) is 5.96 Å². The SMILES string of the molecule is CN=C(NCc1ccc(CN2CCCC2)cc1)N(C)Cc1cn(C)nc1C(C)C.I. The number of likely N-dealkylation sites (tertiary alicyclic amines) is 1. The van der Waals surface area contributed by atoms with Crippen LogP contribution in [-0.4, -0.2) is 52.7 Å². The quantitative estimate of drug-likeness (QED) is 0.339. The molecule has 2 heterocycles. The first-order valence-corrected chi connectivity index (χ1v) is 10.7. The molecule has 1 saturated heterocycles. The van der Waals surface area contributed by atoms with Crippen molar-refractivity contribution >= 4 is 29.9 Å². The summed E-state index contributed by atoms with van der Waals surface area (Å²) >= 11 is 0. The van der Waals surface area contributed by atoms with E-state index in [4.69, 9.17) is 0 Å². The topological polar surface area (TPSA) is 48.7 Å². The van der Waals surface area contributed by atoms with Gasteiger partial charge in [0.25, 0.3) is 0 Å². The Morgan fingerprint density at radius 2 is 1.80 bits per heavy atom. The van der Waals surface area contributed by atoms with Crippen molar-refractivity contribution in [3.63, 3.8) is 0 Å². The molecule has 0 atom stereocenters. The number of hydrogen-bond donors (Lipinski definition) is 1. The van der Waals surface area contributed by atoms with Crippen LogP contribution in [0, 0.1) is 0 Å². The van der Waals surface area contributed by atoms with Gasteiger partial charge in [-0.2, -0.15) is 5.10 Å². The number of nitrogens with one attached hydrogen (secondary N) is 1. The Labute approximate surface area is 198 Å². The zero-order chi connectivity index (χ0) is 20.8. The third-order valence-corrected chi connectivity index (χ3v) is 5.54. The largest absolute Gasteiger partial charge is 0.352 e. The molecule has 0 spiro atoms. The fourth-order valence-electron chi connectivity index (χ4n) is 4.02. The summed E-state index contributed by atoms with van der Waals surface area (Å²) in [6.07, 6.45) is 4.79. The number of aliphatic imine (C=N–C) groups is 1. The molecule has 30 heavy (non-hydrogen) atoms. The van der Waals surface area contributed by atoms with Crippen LogP contribution in [0.1, 0.15) is 55.0 Å². The molecule has 166 valence electrons. The monoisotopic (exact) mass is 524 g/mol. The van der Waals surface area contributed by atoms with Crippen molar-refractivity contribution in [1.29, 1.82) is 0 Å². The van der Waals surface area contributed by atoms with Crippen LogP contribution in [0.15, 0.2) is 35.5 Å². The molecule has 0 radical (unpaired) electrons. The summed E-state index contributed by atoms with van der Waals surface area (Å²) in [4.78, 5) is 9.16. The van der Waals surface area contributed by atoms with Crippen LogP contribution in [0.4, 0.5) is 0 Å². The van der Waals surface area contributed by atoms with Crippen molar-refractivity contribution < 1.29 is 0 Å². The third-order valence-electron chi connectivity index (χ3n) is 5.54. The smallest absolute Gasteiger partial charge is 0.193 e. The Bertz CT molecular complexity index is 806. The maximum Gasteiger partial charge on any atom is 0.193 e. The first-order chi connectivity index (χ1) is 14.0. The minimum atomic E-state index is 0. The number of guanidine groups is 1. The van der Waals surface area contributed by atoms with Gasteiger partial charge in [0.2, 0.25) is 0 Å². The third kappa shape index (κ3) is 6.70. The van der Waals surface area contributed by atoms with Crippen molar-refractivity contribution in [3.8, 4) is 0 Å². The molecule has 1 aromatic carbocycles. The van der Waals surface area contributed by atoms with Gasteiger partial charge in [0.1, 0.15) is 0 Å². The highest BCUT2D eigenvalue weighted by Crippen LogP contribution is 2.18. The van der Waals surface area contributed by atoms with Crippen LogP contribution in [0.3, 0.4) is 0 Å². The lowest BCUT2D eigenvalue weighted by atomic mass is 10.1. The molecule has 1 aliphatic heterocycles. The number of halogens is 1. The number of hydrogen-bond acceptors (Lipinski definition) is 3. The van der Waals surface area contributed by atoms with E-state index in [9.17, 15) is 0 Å².